The highest BCUT2D eigenvalue weighted by molar-refractivity contribution is 5.42. The summed E-state index contributed by atoms with van der Waals surface area (Å²) in [5.41, 5.74) is 6.26. The monoisotopic (exact) mass is 311 g/mol. The van der Waals surface area contributed by atoms with Crippen LogP contribution in [0.25, 0.3) is 0 Å². The van der Waals surface area contributed by atoms with E-state index in [4.69, 9.17) is 10.5 Å². The van der Waals surface area contributed by atoms with Crippen LogP contribution in [0.4, 0.5) is 13.2 Å². The van der Waals surface area contributed by atoms with Crippen LogP contribution in [0.5, 0.6) is 11.5 Å². The van der Waals surface area contributed by atoms with Crippen LogP contribution in [0.2, 0.25) is 0 Å². The standard InChI is InChI=1S/C16H16F3NO2/c17-16(18,19)13-4-1-12(2-5-13)10-22-15-9-11(7-8-20)3-6-14(15)21/h1-6,9,21H,7-8,10,20H2. The van der Waals surface area contributed by atoms with Gasteiger partial charge in [0.05, 0.1) is 5.56 Å². The fourth-order valence-corrected chi connectivity index (χ4v) is 1.95. The molecule has 0 heterocycles. The molecule has 0 amide bonds. The first kappa shape index (κ1) is 16.2. The van der Waals surface area contributed by atoms with Crippen molar-refractivity contribution in [2.75, 3.05) is 6.54 Å². The number of phenolic OH excluding ortho intramolecular Hbond substituents is 1. The summed E-state index contributed by atoms with van der Waals surface area (Å²) in [6.45, 7) is 0.543. The predicted molar refractivity (Wildman–Crippen MR) is 76.6 cm³/mol. The first-order valence-corrected chi connectivity index (χ1v) is 6.71. The quantitative estimate of drug-likeness (QED) is 0.888. The minimum absolute atomic E-state index is 0.0207. The van der Waals surface area contributed by atoms with Crippen molar-refractivity contribution >= 4 is 0 Å². The highest BCUT2D eigenvalue weighted by atomic mass is 19.4. The van der Waals surface area contributed by atoms with Crippen molar-refractivity contribution < 1.29 is 23.0 Å². The summed E-state index contributed by atoms with van der Waals surface area (Å²) in [7, 11) is 0. The Morgan fingerprint density at radius 3 is 2.23 bits per heavy atom. The maximum absolute atomic E-state index is 12.5. The van der Waals surface area contributed by atoms with E-state index < -0.39 is 11.7 Å². The molecule has 0 unspecified atom stereocenters. The lowest BCUT2D eigenvalue weighted by Crippen LogP contribution is -2.05. The van der Waals surface area contributed by atoms with Gasteiger partial charge in [0.1, 0.15) is 6.61 Å². The lowest BCUT2D eigenvalue weighted by Gasteiger charge is -2.11. The minimum atomic E-state index is -4.35. The SMILES string of the molecule is NCCc1ccc(O)c(OCc2ccc(C(F)(F)F)cc2)c1. The van der Waals surface area contributed by atoms with Crippen LogP contribution in [0.15, 0.2) is 42.5 Å². The molecule has 0 aromatic heterocycles. The Bertz CT molecular complexity index is 624. The molecule has 0 spiro atoms. The summed E-state index contributed by atoms with van der Waals surface area (Å²) >= 11 is 0. The van der Waals surface area contributed by atoms with Crippen LogP contribution >= 0.6 is 0 Å². The van der Waals surface area contributed by atoms with Crippen LogP contribution in [0, 0.1) is 0 Å². The molecule has 0 atom stereocenters. The average Bonchev–Trinajstić information content (AvgIpc) is 2.47. The fraction of sp³-hybridized carbons (Fsp3) is 0.250. The number of aromatic hydroxyl groups is 1. The van der Waals surface area contributed by atoms with Gasteiger partial charge < -0.3 is 15.6 Å². The van der Waals surface area contributed by atoms with E-state index in [-0.39, 0.29) is 18.1 Å². The Morgan fingerprint density at radius 1 is 1.00 bits per heavy atom. The molecular formula is C16H16F3NO2. The Balaban J connectivity index is 2.05. The maximum atomic E-state index is 12.5. The minimum Gasteiger partial charge on any atom is -0.504 e. The van der Waals surface area contributed by atoms with Crippen LogP contribution in [-0.2, 0) is 19.2 Å². The smallest absolute Gasteiger partial charge is 0.416 e. The van der Waals surface area contributed by atoms with Crippen LogP contribution < -0.4 is 10.5 Å². The normalized spacial score (nSPS) is 11.5. The molecule has 2 aromatic rings. The second-order valence-electron chi connectivity index (χ2n) is 4.82. The molecule has 0 fully saturated rings. The van der Waals surface area contributed by atoms with E-state index >= 15 is 0 Å². The molecule has 2 rings (SSSR count). The zero-order valence-electron chi connectivity index (χ0n) is 11.7. The first-order chi connectivity index (χ1) is 10.4. The Labute approximate surface area is 126 Å². The number of rotatable bonds is 5. The Morgan fingerprint density at radius 2 is 1.64 bits per heavy atom. The van der Waals surface area contributed by atoms with Crippen molar-refractivity contribution in [3.05, 3.63) is 59.2 Å². The zero-order valence-corrected chi connectivity index (χ0v) is 11.7. The predicted octanol–water partition coefficient (Wildman–Crippen LogP) is 3.49. The summed E-state index contributed by atoms with van der Waals surface area (Å²) in [6.07, 6.45) is -3.70. The first-order valence-electron chi connectivity index (χ1n) is 6.71. The van der Waals surface area contributed by atoms with Crippen LogP contribution in [0.1, 0.15) is 16.7 Å². The molecule has 6 heteroatoms. The van der Waals surface area contributed by atoms with Gasteiger partial charge in [-0.05, 0) is 48.4 Å². The molecule has 0 bridgehead atoms. The van der Waals surface area contributed by atoms with Gasteiger partial charge in [0.2, 0.25) is 0 Å². The Hall–Kier alpha value is -2.21. The van der Waals surface area contributed by atoms with E-state index in [1.54, 1.807) is 12.1 Å². The third-order valence-corrected chi connectivity index (χ3v) is 3.13. The van der Waals surface area contributed by atoms with Crippen molar-refractivity contribution in [3.8, 4) is 11.5 Å². The number of hydrogen-bond acceptors (Lipinski definition) is 3. The highest BCUT2D eigenvalue weighted by Gasteiger charge is 2.29. The van der Waals surface area contributed by atoms with Gasteiger partial charge in [-0.1, -0.05) is 18.2 Å². The third-order valence-electron chi connectivity index (χ3n) is 3.13. The maximum Gasteiger partial charge on any atom is 0.416 e. The molecule has 0 aliphatic rings. The molecule has 0 aliphatic carbocycles. The number of ether oxygens (including phenoxy) is 1. The van der Waals surface area contributed by atoms with E-state index in [0.717, 1.165) is 17.7 Å². The van der Waals surface area contributed by atoms with Crippen molar-refractivity contribution in [1.29, 1.82) is 0 Å². The van der Waals surface area contributed by atoms with Crippen molar-refractivity contribution in [1.82, 2.24) is 0 Å². The van der Waals surface area contributed by atoms with Gasteiger partial charge in [-0.2, -0.15) is 13.2 Å². The highest BCUT2D eigenvalue weighted by Crippen LogP contribution is 2.30. The summed E-state index contributed by atoms with van der Waals surface area (Å²) < 4.78 is 42.9. The summed E-state index contributed by atoms with van der Waals surface area (Å²) in [6, 6.07) is 9.63. The second kappa shape index (κ2) is 6.70. The molecular weight excluding hydrogens is 295 g/mol. The van der Waals surface area contributed by atoms with Gasteiger partial charge in [0, 0.05) is 0 Å². The number of alkyl halides is 3. The number of nitrogens with two attached hydrogens (primary N) is 1. The number of hydrogen-bond donors (Lipinski definition) is 2. The van der Waals surface area contributed by atoms with Crippen molar-refractivity contribution in [2.24, 2.45) is 5.73 Å². The van der Waals surface area contributed by atoms with Gasteiger partial charge in [-0.25, -0.2) is 0 Å². The molecule has 3 nitrogen and oxygen atoms in total. The van der Waals surface area contributed by atoms with Gasteiger partial charge in [-0.3, -0.25) is 0 Å². The lowest BCUT2D eigenvalue weighted by molar-refractivity contribution is -0.137. The number of benzene rings is 2. The van der Waals surface area contributed by atoms with E-state index in [9.17, 15) is 18.3 Å². The third kappa shape index (κ3) is 4.14. The largest absolute Gasteiger partial charge is 0.504 e. The number of halogens is 3. The van der Waals surface area contributed by atoms with E-state index in [1.165, 1.54) is 18.2 Å². The van der Waals surface area contributed by atoms with Gasteiger partial charge >= 0.3 is 6.18 Å². The molecule has 0 radical (unpaired) electrons. The molecule has 0 saturated heterocycles. The molecule has 3 N–H and O–H groups in total. The number of phenols is 1. The Kier molecular flexibility index (Phi) is 4.92. The summed E-state index contributed by atoms with van der Waals surface area (Å²) in [5.74, 6) is 0.263. The topological polar surface area (TPSA) is 55.5 Å². The second-order valence-corrected chi connectivity index (χ2v) is 4.82. The van der Waals surface area contributed by atoms with E-state index in [2.05, 4.69) is 0 Å². The molecule has 0 aliphatic heterocycles. The molecule has 0 saturated carbocycles. The van der Waals surface area contributed by atoms with E-state index in [0.29, 0.717) is 18.5 Å². The van der Waals surface area contributed by atoms with Gasteiger partial charge in [-0.15, -0.1) is 0 Å². The van der Waals surface area contributed by atoms with Gasteiger partial charge in [0.25, 0.3) is 0 Å². The van der Waals surface area contributed by atoms with Crippen molar-refractivity contribution in [3.63, 3.8) is 0 Å². The molecule has 2 aromatic carbocycles. The zero-order chi connectivity index (χ0) is 16.2. The van der Waals surface area contributed by atoms with Gasteiger partial charge in [0.15, 0.2) is 11.5 Å². The average molecular weight is 311 g/mol. The van der Waals surface area contributed by atoms with Crippen molar-refractivity contribution in [2.45, 2.75) is 19.2 Å². The van der Waals surface area contributed by atoms with E-state index in [1.807, 2.05) is 0 Å². The lowest BCUT2D eigenvalue weighted by atomic mass is 10.1. The fourth-order valence-electron chi connectivity index (χ4n) is 1.95. The summed E-state index contributed by atoms with van der Waals surface area (Å²) in [5, 5.41) is 9.73. The molecule has 118 valence electrons. The van der Waals surface area contributed by atoms with Crippen LogP contribution in [-0.4, -0.2) is 11.7 Å². The summed E-state index contributed by atoms with van der Waals surface area (Å²) in [4.78, 5) is 0. The van der Waals surface area contributed by atoms with Crippen LogP contribution in [0.3, 0.4) is 0 Å². The molecule has 22 heavy (non-hydrogen) atoms.